The molecule has 0 N–H and O–H groups in total. The summed E-state index contributed by atoms with van der Waals surface area (Å²) in [5.41, 5.74) is 4.35. The predicted octanol–water partition coefficient (Wildman–Crippen LogP) is 4.25. The van der Waals surface area contributed by atoms with Crippen LogP contribution in [0.2, 0.25) is 0 Å². The molecule has 0 spiro atoms. The zero-order valence-electron chi connectivity index (χ0n) is 17.6. The van der Waals surface area contributed by atoms with Gasteiger partial charge in [-0.05, 0) is 49.7 Å². The normalized spacial score (nSPS) is 16.9. The van der Waals surface area contributed by atoms with E-state index >= 15 is 0 Å². The lowest BCUT2D eigenvalue weighted by Gasteiger charge is -2.21. The van der Waals surface area contributed by atoms with Crippen molar-refractivity contribution in [2.45, 2.75) is 31.1 Å². The number of benzene rings is 1. The fraction of sp³-hybridized carbons (Fsp3) is 0.348. The summed E-state index contributed by atoms with van der Waals surface area (Å²) < 4.78 is 35.6. The van der Waals surface area contributed by atoms with Gasteiger partial charge in [-0.1, -0.05) is 28.9 Å². The van der Waals surface area contributed by atoms with E-state index in [1.807, 2.05) is 25.1 Å². The number of hydrogen-bond donors (Lipinski definition) is 0. The van der Waals surface area contributed by atoms with Gasteiger partial charge in [-0.2, -0.15) is 0 Å². The third-order valence-electron chi connectivity index (χ3n) is 6.05. The molecule has 162 valence electrons. The van der Waals surface area contributed by atoms with E-state index in [0.29, 0.717) is 24.4 Å². The van der Waals surface area contributed by atoms with Crippen molar-refractivity contribution < 1.29 is 13.2 Å². The summed E-state index contributed by atoms with van der Waals surface area (Å²) in [5, 5.41) is 0.865. The Hall–Kier alpha value is -2.16. The molecule has 31 heavy (non-hydrogen) atoms. The average Bonchev–Trinajstić information content (AvgIpc) is 3.38. The third-order valence-corrected chi connectivity index (χ3v) is 8.16. The molecule has 0 aliphatic carbocycles. The van der Waals surface area contributed by atoms with Crippen molar-refractivity contribution in [3.8, 4) is 5.75 Å². The van der Waals surface area contributed by atoms with Crippen molar-refractivity contribution in [3.05, 3.63) is 57.8 Å². The second-order valence-electron chi connectivity index (χ2n) is 8.10. The van der Waals surface area contributed by atoms with Gasteiger partial charge in [0.1, 0.15) is 10.6 Å². The van der Waals surface area contributed by atoms with Gasteiger partial charge in [0.15, 0.2) is 5.65 Å². The lowest BCUT2D eigenvalue weighted by atomic mass is 10.00. The summed E-state index contributed by atoms with van der Waals surface area (Å²) in [6.07, 6.45) is 6.24. The molecule has 0 amide bonds. The number of likely N-dealkylation sites (N-methyl/N-ethyl adjacent to an activating group) is 1. The number of rotatable bonds is 4. The summed E-state index contributed by atoms with van der Waals surface area (Å²) in [4.78, 5) is 7.15. The molecular weight excluding hydrogens is 478 g/mol. The van der Waals surface area contributed by atoms with E-state index in [1.165, 1.54) is 9.55 Å². The first-order valence-electron chi connectivity index (χ1n) is 10.5. The minimum atomic E-state index is -3.91. The van der Waals surface area contributed by atoms with Crippen LogP contribution in [0.1, 0.15) is 30.2 Å². The van der Waals surface area contributed by atoms with Crippen LogP contribution in [0.5, 0.6) is 5.75 Å². The molecule has 3 aromatic rings. The van der Waals surface area contributed by atoms with Gasteiger partial charge in [-0.25, -0.2) is 17.4 Å². The second kappa shape index (κ2) is 7.76. The zero-order chi connectivity index (χ0) is 21.8. The molecule has 0 saturated heterocycles. The predicted molar refractivity (Wildman–Crippen MR) is 125 cm³/mol. The molecular formula is C23H24BrN3O3S. The van der Waals surface area contributed by atoms with Crippen LogP contribution < -0.4 is 4.74 Å². The van der Waals surface area contributed by atoms with Gasteiger partial charge in [-0.15, -0.1) is 0 Å². The number of pyridine rings is 1. The average molecular weight is 502 g/mol. The smallest absolute Gasteiger partial charge is 0.273 e. The highest BCUT2D eigenvalue weighted by Gasteiger charge is 2.30. The van der Waals surface area contributed by atoms with E-state index in [4.69, 9.17) is 9.72 Å². The van der Waals surface area contributed by atoms with Crippen molar-refractivity contribution in [2.24, 2.45) is 0 Å². The van der Waals surface area contributed by atoms with Crippen LogP contribution in [-0.4, -0.2) is 49.0 Å². The molecule has 0 fully saturated rings. The van der Waals surface area contributed by atoms with E-state index in [0.717, 1.165) is 52.6 Å². The Bertz CT molecular complexity index is 1330. The Labute approximate surface area is 190 Å². The standard InChI is InChI=1S/C23H24BrN3O3S/c1-3-18-4-5-19-20(15-6-9-26(2)10-7-15)14-27(23(19)25-18)31(28,29)21-13-17(24)12-16-8-11-30-22(16)21/h4-6,12-14H,3,7-11H2,1-2H3. The molecule has 4 heterocycles. The van der Waals surface area contributed by atoms with Crippen molar-refractivity contribution in [2.75, 3.05) is 26.7 Å². The van der Waals surface area contributed by atoms with Gasteiger partial charge in [0, 0.05) is 52.4 Å². The van der Waals surface area contributed by atoms with Crippen molar-refractivity contribution in [3.63, 3.8) is 0 Å². The summed E-state index contributed by atoms with van der Waals surface area (Å²) in [5.74, 6) is 0.455. The van der Waals surface area contributed by atoms with Crippen LogP contribution in [0.25, 0.3) is 16.6 Å². The molecule has 5 rings (SSSR count). The van der Waals surface area contributed by atoms with E-state index in [1.54, 1.807) is 12.3 Å². The monoisotopic (exact) mass is 501 g/mol. The maximum Gasteiger partial charge on any atom is 0.273 e. The molecule has 6 nitrogen and oxygen atoms in total. The molecule has 0 atom stereocenters. The quantitative estimate of drug-likeness (QED) is 0.534. The maximum absolute atomic E-state index is 13.9. The van der Waals surface area contributed by atoms with Crippen LogP contribution in [0.15, 0.2) is 45.9 Å². The maximum atomic E-state index is 13.9. The first-order chi connectivity index (χ1) is 14.9. The molecule has 0 unspecified atom stereocenters. The topological polar surface area (TPSA) is 64.4 Å². The molecule has 2 aliphatic rings. The summed E-state index contributed by atoms with van der Waals surface area (Å²) >= 11 is 3.47. The number of ether oxygens (including phenoxy) is 1. The van der Waals surface area contributed by atoms with E-state index < -0.39 is 10.0 Å². The first-order valence-corrected chi connectivity index (χ1v) is 12.7. The highest BCUT2D eigenvalue weighted by molar-refractivity contribution is 9.10. The number of halogens is 1. The Morgan fingerprint density at radius 3 is 2.81 bits per heavy atom. The van der Waals surface area contributed by atoms with Gasteiger partial charge in [0.25, 0.3) is 10.0 Å². The molecule has 2 aromatic heterocycles. The Balaban J connectivity index is 1.75. The Morgan fingerprint density at radius 1 is 1.23 bits per heavy atom. The summed E-state index contributed by atoms with van der Waals surface area (Å²) in [7, 11) is -1.82. The number of nitrogens with zero attached hydrogens (tertiary/aromatic N) is 3. The van der Waals surface area contributed by atoms with Gasteiger partial charge >= 0.3 is 0 Å². The fourth-order valence-electron chi connectivity index (χ4n) is 4.30. The van der Waals surface area contributed by atoms with Gasteiger partial charge in [-0.3, -0.25) is 0 Å². The number of fused-ring (bicyclic) bond motifs is 2. The minimum absolute atomic E-state index is 0.180. The lowest BCUT2D eigenvalue weighted by Crippen LogP contribution is -2.23. The van der Waals surface area contributed by atoms with Crippen molar-refractivity contribution >= 4 is 42.6 Å². The van der Waals surface area contributed by atoms with Crippen molar-refractivity contribution in [1.82, 2.24) is 13.9 Å². The van der Waals surface area contributed by atoms with Crippen LogP contribution in [0.4, 0.5) is 0 Å². The molecule has 1 aromatic carbocycles. The number of aromatic nitrogens is 2. The summed E-state index contributed by atoms with van der Waals surface area (Å²) in [6.45, 7) is 4.30. The lowest BCUT2D eigenvalue weighted by molar-refractivity contribution is 0.348. The van der Waals surface area contributed by atoms with Crippen LogP contribution in [0.3, 0.4) is 0 Å². The van der Waals surface area contributed by atoms with Crippen LogP contribution >= 0.6 is 15.9 Å². The molecule has 0 bridgehead atoms. The van der Waals surface area contributed by atoms with Crippen LogP contribution in [-0.2, 0) is 22.9 Å². The SMILES string of the molecule is CCc1ccc2c(C3=CCN(C)CC3)cn(S(=O)(=O)c3cc(Br)cc4c3OCC4)c2n1. The minimum Gasteiger partial charge on any atom is -0.492 e. The van der Waals surface area contributed by atoms with Crippen LogP contribution in [0, 0.1) is 0 Å². The highest BCUT2D eigenvalue weighted by Crippen LogP contribution is 2.39. The molecule has 0 saturated carbocycles. The fourth-order valence-corrected chi connectivity index (χ4v) is 6.48. The third kappa shape index (κ3) is 3.50. The van der Waals surface area contributed by atoms with E-state index in [9.17, 15) is 8.42 Å². The highest BCUT2D eigenvalue weighted by atomic mass is 79.9. The molecule has 0 radical (unpaired) electrons. The second-order valence-corrected chi connectivity index (χ2v) is 10.8. The van der Waals surface area contributed by atoms with E-state index in [2.05, 4.69) is 34.0 Å². The number of hydrogen-bond acceptors (Lipinski definition) is 5. The summed E-state index contributed by atoms with van der Waals surface area (Å²) in [6, 6.07) is 7.54. The molecule has 8 heteroatoms. The van der Waals surface area contributed by atoms with Gasteiger partial charge in [0.05, 0.1) is 6.61 Å². The largest absolute Gasteiger partial charge is 0.492 e. The molecule has 2 aliphatic heterocycles. The first kappa shape index (κ1) is 20.7. The van der Waals surface area contributed by atoms with Gasteiger partial charge < -0.3 is 9.64 Å². The Morgan fingerprint density at radius 2 is 2.06 bits per heavy atom. The van der Waals surface area contributed by atoms with Gasteiger partial charge in [0.2, 0.25) is 0 Å². The zero-order valence-corrected chi connectivity index (χ0v) is 20.0. The van der Waals surface area contributed by atoms with E-state index in [-0.39, 0.29) is 4.90 Å². The van der Waals surface area contributed by atoms with Crippen molar-refractivity contribution in [1.29, 1.82) is 0 Å². The Kier molecular flexibility index (Phi) is 5.19. The number of aryl methyl sites for hydroxylation is 1.